The Morgan fingerprint density at radius 3 is 2.18 bits per heavy atom. The molecule has 0 radical (unpaired) electrons. The number of carbonyl (C=O) groups excluding carboxylic acids is 2. The maximum absolute atomic E-state index is 12.2. The van der Waals surface area contributed by atoms with Gasteiger partial charge < -0.3 is 14.4 Å². The summed E-state index contributed by atoms with van der Waals surface area (Å²) in [5.41, 5.74) is 2.57. The van der Waals surface area contributed by atoms with Crippen molar-refractivity contribution in [2.45, 2.75) is 20.1 Å². The van der Waals surface area contributed by atoms with E-state index in [-0.39, 0.29) is 19.7 Å². The van der Waals surface area contributed by atoms with E-state index in [0.29, 0.717) is 18.6 Å². The number of hydrogen-bond donors (Lipinski definition) is 0. The molecule has 2 aromatic rings. The summed E-state index contributed by atoms with van der Waals surface area (Å²) >= 11 is 0. The second-order valence-corrected chi connectivity index (χ2v) is 6.01. The number of hydrogen-bond acceptors (Lipinski definition) is 5. The van der Waals surface area contributed by atoms with Crippen LogP contribution in [-0.2, 0) is 27.6 Å². The van der Waals surface area contributed by atoms with Gasteiger partial charge in [-0.1, -0.05) is 71.9 Å². The Hall–Kier alpha value is -3.41. The molecule has 6 nitrogen and oxygen atoms in total. The van der Waals surface area contributed by atoms with E-state index in [1.807, 2.05) is 60.7 Å². The molecule has 146 valence electrons. The van der Waals surface area contributed by atoms with Crippen molar-refractivity contribution >= 4 is 18.1 Å². The van der Waals surface area contributed by atoms with Crippen molar-refractivity contribution in [3.05, 3.63) is 83.9 Å². The van der Waals surface area contributed by atoms with Crippen LogP contribution in [0.1, 0.15) is 18.1 Å². The van der Waals surface area contributed by atoms with E-state index in [4.69, 9.17) is 9.57 Å². The summed E-state index contributed by atoms with van der Waals surface area (Å²) < 4.78 is 5.25. The van der Waals surface area contributed by atoms with Crippen LogP contribution in [0.15, 0.2) is 78.0 Å². The maximum Gasteiger partial charge on any atom is 0.410 e. The van der Waals surface area contributed by atoms with Gasteiger partial charge in [-0.25, -0.2) is 4.79 Å². The zero-order chi connectivity index (χ0) is 20.0. The summed E-state index contributed by atoms with van der Waals surface area (Å²) in [6.45, 7) is 2.53. The molecule has 0 aliphatic carbocycles. The Labute approximate surface area is 165 Å². The molecule has 0 bridgehead atoms. The van der Waals surface area contributed by atoms with Crippen molar-refractivity contribution in [3.8, 4) is 0 Å². The molecule has 2 rings (SSSR count). The highest BCUT2D eigenvalue weighted by atomic mass is 16.6. The minimum atomic E-state index is -0.546. The highest BCUT2D eigenvalue weighted by Gasteiger charge is 2.13. The third-order valence-corrected chi connectivity index (χ3v) is 3.73. The lowest BCUT2D eigenvalue weighted by molar-refractivity contribution is -0.108. The molecule has 0 heterocycles. The van der Waals surface area contributed by atoms with Crippen molar-refractivity contribution in [1.29, 1.82) is 0 Å². The second kappa shape index (κ2) is 12.1. The van der Waals surface area contributed by atoms with Crippen LogP contribution < -0.4 is 0 Å². The van der Waals surface area contributed by atoms with Gasteiger partial charge in [-0.3, -0.25) is 4.90 Å². The van der Waals surface area contributed by atoms with Crippen molar-refractivity contribution in [1.82, 2.24) is 4.90 Å². The first-order chi connectivity index (χ1) is 13.7. The van der Waals surface area contributed by atoms with Gasteiger partial charge in [-0.2, -0.15) is 0 Å². The van der Waals surface area contributed by atoms with E-state index in [2.05, 4.69) is 5.16 Å². The Kier molecular flexibility index (Phi) is 9.00. The molecule has 0 saturated heterocycles. The molecular formula is C22H24N2O4. The van der Waals surface area contributed by atoms with Crippen LogP contribution in [0.2, 0.25) is 0 Å². The molecule has 0 aliphatic heterocycles. The minimum Gasteiger partial charge on any atom is -0.445 e. The molecule has 0 atom stereocenters. The monoisotopic (exact) mass is 380 g/mol. The van der Waals surface area contributed by atoms with Crippen LogP contribution >= 0.6 is 0 Å². The molecular weight excluding hydrogens is 356 g/mol. The molecule has 2 aromatic carbocycles. The zero-order valence-electron chi connectivity index (χ0n) is 15.9. The van der Waals surface area contributed by atoms with Gasteiger partial charge in [0.05, 0.1) is 12.3 Å². The number of oxime groups is 1. The minimum absolute atomic E-state index is 0.0430. The predicted molar refractivity (Wildman–Crippen MR) is 108 cm³/mol. The van der Waals surface area contributed by atoms with Gasteiger partial charge in [0, 0.05) is 6.54 Å². The quantitative estimate of drug-likeness (QED) is 0.355. The molecule has 0 spiro atoms. The van der Waals surface area contributed by atoms with Crippen LogP contribution in [0.4, 0.5) is 4.79 Å². The number of benzene rings is 2. The van der Waals surface area contributed by atoms with Crippen molar-refractivity contribution < 1.29 is 19.2 Å². The summed E-state index contributed by atoms with van der Waals surface area (Å²) in [5.74, 6) is 0. The Morgan fingerprint density at radius 2 is 1.57 bits per heavy atom. The number of nitrogens with zero attached hydrogens (tertiary/aromatic N) is 2. The van der Waals surface area contributed by atoms with E-state index < -0.39 is 6.09 Å². The summed E-state index contributed by atoms with van der Waals surface area (Å²) in [4.78, 5) is 29.6. The SMILES string of the molecule is CC(/C=C/CN(CC=O)C(=O)OCc1ccccc1)=N\OCc1ccccc1. The molecule has 6 heteroatoms. The fraction of sp³-hybridized carbons (Fsp3) is 0.227. The van der Waals surface area contributed by atoms with Crippen molar-refractivity contribution in [2.24, 2.45) is 5.16 Å². The van der Waals surface area contributed by atoms with Crippen LogP contribution in [0, 0.1) is 0 Å². The standard InChI is InChI=1S/C22H24N2O4/c1-19(23-28-18-21-12-6-3-7-13-21)9-8-14-24(15-16-25)22(26)27-17-20-10-4-2-5-11-20/h2-13,16H,14-15,17-18H2,1H3/b9-8+,23-19+. The van der Waals surface area contributed by atoms with Gasteiger partial charge >= 0.3 is 6.09 Å². The van der Waals surface area contributed by atoms with E-state index >= 15 is 0 Å². The molecule has 0 aliphatic rings. The highest BCUT2D eigenvalue weighted by molar-refractivity contribution is 5.92. The van der Waals surface area contributed by atoms with Gasteiger partial charge in [-0.15, -0.1) is 0 Å². The number of carbonyl (C=O) groups is 2. The average Bonchev–Trinajstić information content (AvgIpc) is 2.73. The lowest BCUT2D eigenvalue weighted by atomic mass is 10.2. The zero-order valence-corrected chi connectivity index (χ0v) is 15.9. The van der Waals surface area contributed by atoms with Crippen molar-refractivity contribution in [2.75, 3.05) is 13.1 Å². The smallest absolute Gasteiger partial charge is 0.410 e. The van der Waals surface area contributed by atoms with Crippen LogP contribution in [-0.4, -0.2) is 36.1 Å². The Morgan fingerprint density at radius 1 is 0.964 bits per heavy atom. The number of allylic oxidation sites excluding steroid dienone is 1. The summed E-state index contributed by atoms with van der Waals surface area (Å²) in [6.07, 6.45) is 3.59. The van der Waals surface area contributed by atoms with Gasteiger partial charge in [0.25, 0.3) is 0 Å². The molecule has 0 fully saturated rings. The predicted octanol–water partition coefficient (Wildman–Crippen LogP) is 3.97. The normalized spacial score (nSPS) is 11.2. The Balaban J connectivity index is 1.79. The molecule has 0 saturated carbocycles. The van der Waals surface area contributed by atoms with Gasteiger partial charge in [0.15, 0.2) is 0 Å². The highest BCUT2D eigenvalue weighted by Crippen LogP contribution is 2.04. The molecule has 0 aromatic heterocycles. The van der Waals surface area contributed by atoms with Gasteiger partial charge in [-0.05, 0) is 24.1 Å². The van der Waals surface area contributed by atoms with Gasteiger partial charge in [0.2, 0.25) is 0 Å². The summed E-state index contributed by atoms with van der Waals surface area (Å²) in [6, 6.07) is 19.1. The van der Waals surface area contributed by atoms with Crippen molar-refractivity contribution in [3.63, 3.8) is 0 Å². The second-order valence-electron chi connectivity index (χ2n) is 6.01. The lowest BCUT2D eigenvalue weighted by Gasteiger charge is -2.17. The van der Waals surface area contributed by atoms with Gasteiger partial charge in [0.1, 0.15) is 19.5 Å². The maximum atomic E-state index is 12.2. The van der Waals surface area contributed by atoms with Crippen LogP contribution in [0.3, 0.4) is 0 Å². The Bertz CT molecular complexity index is 789. The summed E-state index contributed by atoms with van der Waals surface area (Å²) in [7, 11) is 0. The first-order valence-corrected chi connectivity index (χ1v) is 8.95. The van der Waals surface area contributed by atoms with E-state index in [9.17, 15) is 9.59 Å². The lowest BCUT2D eigenvalue weighted by Crippen LogP contribution is -2.33. The third-order valence-electron chi connectivity index (χ3n) is 3.73. The number of ether oxygens (including phenoxy) is 1. The number of amides is 1. The number of aldehydes is 1. The third kappa shape index (κ3) is 7.86. The molecule has 0 unspecified atom stereocenters. The topological polar surface area (TPSA) is 68.2 Å². The average molecular weight is 380 g/mol. The first-order valence-electron chi connectivity index (χ1n) is 8.95. The largest absolute Gasteiger partial charge is 0.445 e. The molecule has 28 heavy (non-hydrogen) atoms. The number of rotatable bonds is 10. The fourth-order valence-corrected chi connectivity index (χ4v) is 2.29. The van der Waals surface area contributed by atoms with E-state index in [1.54, 1.807) is 19.1 Å². The molecule has 1 amide bonds. The van der Waals surface area contributed by atoms with E-state index in [0.717, 1.165) is 11.1 Å². The van der Waals surface area contributed by atoms with Crippen LogP contribution in [0.5, 0.6) is 0 Å². The van der Waals surface area contributed by atoms with Crippen LogP contribution in [0.25, 0.3) is 0 Å². The summed E-state index contributed by atoms with van der Waals surface area (Å²) in [5, 5.41) is 4.01. The fourth-order valence-electron chi connectivity index (χ4n) is 2.29. The van der Waals surface area contributed by atoms with E-state index in [1.165, 1.54) is 4.90 Å². The first kappa shape index (κ1) is 20.9. The molecule has 0 N–H and O–H groups in total.